The molecule has 1 heterocycles. The van der Waals surface area contributed by atoms with Crippen molar-refractivity contribution in [3.05, 3.63) is 70.3 Å². The molecule has 0 atom stereocenters. The Morgan fingerprint density at radius 2 is 1.82 bits per heavy atom. The molecule has 0 aliphatic carbocycles. The molecule has 0 bridgehead atoms. The molecule has 1 aliphatic rings. The molecule has 148 valence electrons. The molecule has 1 fully saturated rings. The van der Waals surface area contributed by atoms with Gasteiger partial charge in [0.15, 0.2) is 0 Å². The van der Waals surface area contributed by atoms with E-state index in [4.69, 9.17) is 11.1 Å². The van der Waals surface area contributed by atoms with Crippen LogP contribution in [0.25, 0.3) is 0 Å². The van der Waals surface area contributed by atoms with Crippen LogP contribution in [0.1, 0.15) is 50.2 Å². The number of amidine groups is 1. The quantitative estimate of drug-likeness (QED) is 0.531. The predicted octanol–water partition coefficient (Wildman–Crippen LogP) is 2.87. The highest BCUT2D eigenvalue weighted by molar-refractivity contribution is 5.99. The number of halogens is 1. The third kappa shape index (κ3) is 4.89. The van der Waals surface area contributed by atoms with Crippen molar-refractivity contribution < 1.29 is 9.59 Å². The van der Waals surface area contributed by atoms with Crippen LogP contribution >= 0.6 is 12.4 Å². The van der Waals surface area contributed by atoms with E-state index in [1.807, 2.05) is 17.9 Å². The van der Waals surface area contributed by atoms with Crippen LogP contribution in [0.3, 0.4) is 0 Å². The summed E-state index contributed by atoms with van der Waals surface area (Å²) < 4.78 is 0. The predicted molar refractivity (Wildman–Crippen MR) is 112 cm³/mol. The molecule has 0 aromatic heterocycles. The van der Waals surface area contributed by atoms with E-state index in [9.17, 15) is 9.59 Å². The van der Waals surface area contributed by atoms with Crippen LogP contribution in [0.5, 0.6) is 0 Å². The molecule has 3 rings (SSSR count). The maximum atomic E-state index is 12.5. The van der Waals surface area contributed by atoms with Gasteiger partial charge in [-0.05, 0) is 55.2 Å². The molecular weight excluding hydrogens is 376 g/mol. The van der Waals surface area contributed by atoms with Gasteiger partial charge in [-0.1, -0.05) is 18.2 Å². The van der Waals surface area contributed by atoms with Crippen LogP contribution in [0.2, 0.25) is 0 Å². The molecule has 1 aliphatic heterocycles. The lowest BCUT2D eigenvalue weighted by Crippen LogP contribution is -2.28. The van der Waals surface area contributed by atoms with Crippen LogP contribution in [-0.2, 0) is 6.54 Å². The van der Waals surface area contributed by atoms with Crippen LogP contribution in [0.15, 0.2) is 42.5 Å². The van der Waals surface area contributed by atoms with Gasteiger partial charge in [-0.3, -0.25) is 15.0 Å². The topological polar surface area (TPSA) is 99.3 Å². The zero-order valence-corrected chi connectivity index (χ0v) is 16.6. The Balaban J connectivity index is 0.00000280. The van der Waals surface area contributed by atoms with Crippen molar-refractivity contribution in [2.24, 2.45) is 5.73 Å². The second-order valence-corrected chi connectivity index (χ2v) is 6.83. The molecule has 0 saturated carbocycles. The maximum absolute atomic E-state index is 12.5. The number of benzene rings is 2. The highest BCUT2D eigenvalue weighted by atomic mass is 35.5. The Hall–Kier alpha value is -2.86. The lowest BCUT2D eigenvalue weighted by molar-refractivity contribution is 0.0791. The Bertz CT molecular complexity index is 892. The monoisotopic (exact) mass is 400 g/mol. The second kappa shape index (κ2) is 9.37. The van der Waals surface area contributed by atoms with Gasteiger partial charge in [-0.2, -0.15) is 0 Å². The summed E-state index contributed by atoms with van der Waals surface area (Å²) in [5, 5.41) is 10.3. The number of nitrogen functional groups attached to an aromatic ring is 1. The van der Waals surface area contributed by atoms with Crippen LogP contribution in [-0.4, -0.2) is 35.6 Å². The molecule has 4 N–H and O–H groups in total. The molecule has 2 amide bonds. The zero-order chi connectivity index (χ0) is 19.4. The summed E-state index contributed by atoms with van der Waals surface area (Å²) in [4.78, 5) is 26.9. The van der Waals surface area contributed by atoms with Gasteiger partial charge in [0, 0.05) is 36.3 Å². The maximum Gasteiger partial charge on any atom is 0.254 e. The van der Waals surface area contributed by atoms with Crippen molar-refractivity contribution >= 4 is 30.1 Å². The van der Waals surface area contributed by atoms with E-state index < -0.39 is 0 Å². The van der Waals surface area contributed by atoms with Crippen molar-refractivity contribution in [2.45, 2.75) is 26.3 Å². The molecule has 0 radical (unpaired) electrons. The molecule has 28 heavy (non-hydrogen) atoms. The average Bonchev–Trinajstić information content (AvgIpc) is 3.20. The van der Waals surface area contributed by atoms with Crippen LogP contribution < -0.4 is 11.1 Å². The smallest absolute Gasteiger partial charge is 0.254 e. The summed E-state index contributed by atoms with van der Waals surface area (Å²) in [5.74, 6) is -0.165. The fraction of sp³-hybridized carbons (Fsp3) is 0.286. The van der Waals surface area contributed by atoms with Gasteiger partial charge in [-0.25, -0.2) is 0 Å². The number of nitrogens with one attached hydrogen (secondary N) is 2. The minimum absolute atomic E-state index is 0. The van der Waals surface area contributed by atoms with Gasteiger partial charge >= 0.3 is 0 Å². The molecule has 1 saturated heterocycles. The number of amides is 2. The Morgan fingerprint density at radius 1 is 1.11 bits per heavy atom. The fourth-order valence-corrected chi connectivity index (χ4v) is 3.27. The highest BCUT2D eigenvalue weighted by Crippen LogP contribution is 2.17. The molecule has 0 spiro atoms. The van der Waals surface area contributed by atoms with Gasteiger partial charge < -0.3 is 16.0 Å². The SMILES string of the molecule is Cc1cc(C(=O)NCc2cccc(C(=N)N)c2)ccc1C(=O)N1CCCC1.Cl. The fourth-order valence-electron chi connectivity index (χ4n) is 3.27. The lowest BCUT2D eigenvalue weighted by atomic mass is 10.0. The number of carbonyl (C=O) groups is 2. The average molecular weight is 401 g/mol. The van der Waals surface area contributed by atoms with E-state index in [0.29, 0.717) is 23.2 Å². The Kier molecular flexibility index (Phi) is 7.18. The standard InChI is InChI=1S/C21H24N4O2.ClH/c1-14-11-17(7-8-18(14)21(27)25-9-2-3-10-25)20(26)24-13-15-5-4-6-16(12-15)19(22)23;/h4-8,11-12H,2-3,9-10,13H2,1H3,(H3,22,23)(H,24,26);1H. The van der Waals surface area contributed by atoms with Gasteiger partial charge in [0.25, 0.3) is 11.8 Å². The largest absolute Gasteiger partial charge is 0.384 e. The van der Waals surface area contributed by atoms with E-state index >= 15 is 0 Å². The third-order valence-electron chi connectivity index (χ3n) is 4.80. The number of hydrogen-bond acceptors (Lipinski definition) is 3. The number of hydrogen-bond donors (Lipinski definition) is 3. The van der Waals surface area contributed by atoms with Crippen molar-refractivity contribution in [2.75, 3.05) is 13.1 Å². The van der Waals surface area contributed by atoms with Gasteiger partial charge in [0.1, 0.15) is 5.84 Å². The summed E-state index contributed by atoms with van der Waals surface area (Å²) in [6.45, 7) is 3.81. The van der Waals surface area contributed by atoms with Gasteiger partial charge in [0.2, 0.25) is 0 Å². The van der Waals surface area contributed by atoms with Crippen molar-refractivity contribution in [1.29, 1.82) is 5.41 Å². The number of aryl methyl sites for hydroxylation is 1. The number of nitrogens with two attached hydrogens (primary N) is 1. The highest BCUT2D eigenvalue weighted by Gasteiger charge is 2.21. The second-order valence-electron chi connectivity index (χ2n) is 6.83. The molecule has 2 aromatic carbocycles. The van der Waals surface area contributed by atoms with Crippen LogP contribution in [0, 0.1) is 12.3 Å². The normalized spacial score (nSPS) is 13.0. The van der Waals surface area contributed by atoms with Crippen molar-refractivity contribution in [1.82, 2.24) is 10.2 Å². The molecule has 6 nitrogen and oxygen atoms in total. The summed E-state index contributed by atoms with van der Waals surface area (Å²) in [6, 6.07) is 12.4. The first kappa shape index (κ1) is 21.4. The first-order chi connectivity index (χ1) is 13.0. The van der Waals surface area contributed by atoms with Gasteiger partial charge in [-0.15, -0.1) is 12.4 Å². The van der Waals surface area contributed by atoms with E-state index in [1.165, 1.54) is 0 Å². The van der Waals surface area contributed by atoms with Crippen LogP contribution in [0.4, 0.5) is 0 Å². The minimum atomic E-state index is -0.202. The summed E-state index contributed by atoms with van der Waals surface area (Å²) in [6.07, 6.45) is 2.10. The number of carbonyl (C=O) groups excluding carboxylic acids is 2. The van der Waals surface area contributed by atoms with Crippen molar-refractivity contribution in [3.8, 4) is 0 Å². The molecule has 2 aromatic rings. The molecule has 0 unspecified atom stereocenters. The number of nitrogens with zero attached hydrogens (tertiary/aromatic N) is 1. The van der Waals surface area contributed by atoms with E-state index in [-0.39, 0.29) is 30.1 Å². The summed E-state index contributed by atoms with van der Waals surface area (Å²) >= 11 is 0. The van der Waals surface area contributed by atoms with E-state index in [0.717, 1.165) is 37.1 Å². The third-order valence-corrected chi connectivity index (χ3v) is 4.80. The molecule has 7 heteroatoms. The molecular formula is C21H25ClN4O2. The minimum Gasteiger partial charge on any atom is -0.384 e. The Labute approximate surface area is 171 Å². The number of rotatable bonds is 5. The zero-order valence-electron chi connectivity index (χ0n) is 15.8. The summed E-state index contributed by atoms with van der Waals surface area (Å²) in [5.41, 5.74) is 8.97. The lowest BCUT2D eigenvalue weighted by Gasteiger charge is -2.17. The first-order valence-electron chi connectivity index (χ1n) is 9.07. The summed E-state index contributed by atoms with van der Waals surface area (Å²) in [7, 11) is 0. The van der Waals surface area contributed by atoms with Gasteiger partial charge in [0.05, 0.1) is 0 Å². The van der Waals surface area contributed by atoms with E-state index in [1.54, 1.807) is 36.4 Å². The van der Waals surface area contributed by atoms with E-state index in [2.05, 4.69) is 5.32 Å². The van der Waals surface area contributed by atoms with Crippen molar-refractivity contribution in [3.63, 3.8) is 0 Å². The number of likely N-dealkylation sites (tertiary alicyclic amines) is 1. The first-order valence-corrected chi connectivity index (χ1v) is 9.07. The Morgan fingerprint density at radius 3 is 2.46 bits per heavy atom.